The number of hydrogen-bond acceptors (Lipinski definition) is 8. The average Bonchev–Trinajstić information content (AvgIpc) is 3.79. The van der Waals surface area contributed by atoms with Gasteiger partial charge in [-0.15, -0.1) is 5.10 Å². The van der Waals surface area contributed by atoms with Crippen LogP contribution >= 0.6 is 0 Å². The molecule has 2 aromatic carbocycles. The summed E-state index contributed by atoms with van der Waals surface area (Å²) in [6, 6.07) is 4.66. The molecule has 0 spiro atoms. The summed E-state index contributed by atoms with van der Waals surface area (Å²) in [5.74, 6) is -1.07. The Bertz CT molecular complexity index is 1790. The van der Waals surface area contributed by atoms with Gasteiger partial charge in [0.05, 0.1) is 29.8 Å². The van der Waals surface area contributed by atoms with Crippen molar-refractivity contribution < 1.29 is 44.6 Å². The molecule has 1 aliphatic heterocycles. The Morgan fingerprint density at radius 2 is 1.58 bits per heavy atom. The maximum absolute atomic E-state index is 15.2. The van der Waals surface area contributed by atoms with Gasteiger partial charge in [-0.25, -0.2) is 13.8 Å². The van der Waals surface area contributed by atoms with Crippen molar-refractivity contribution in [1.82, 2.24) is 25.2 Å². The maximum Gasteiger partial charge on any atom is 0.416 e. The molecule has 0 bridgehead atoms. The highest BCUT2D eigenvalue weighted by Crippen LogP contribution is 2.37. The van der Waals surface area contributed by atoms with Gasteiger partial charge in [0.1, 0.15) is 17.5 Å². The predicted molar refractivity (Wildman–Crippen MR) is 175 cm³/mol. The molecule has 1 unspecified atom stereocenters. The Morgan fingerprint density at radius 1 is 0.865 bits per heavy atom. The van der Waals surface area contributed by atoms with Gasteiger partial charge in [-0.3, -0.25) is 0 Å². The normalized spacial score (nSPS) is 17.3. The largest absolute Gasteiger partial charge is 0.416 e. The molecule has 1 saturated heterocycles. The molecule has 4 aromatic rings. The van der Waals surface area contributed by atoms with E-state index in [9.17, 15) is 30.7 Å². The first-order valence-electron chi connectivity index (χ1n) is 17.3. The zero-order chi connectivity index (χ0) is 37.0. The Labute approximate surface area is 294 Å². The average molecular weight is 742 g/mol. The summed E-state index contributed by atoms with van der Waals surface area (Å²) in [6.07, 6.45) is -3.75. The van der Waals surface area contributed by atoms with Crippen LogP contribution in [-0.4, -0.2) is 57.8 Å². The summed E-state index contributed by atoms with van der Waals surface area (Å²) < 4.78 is 124. The van der Waals surface area contributed by atoms with Crippen LogP contribution in [0, 0.1) is 17.6 Å². The fraction of sp³-hybridized carbons (Fsp3) is 0.543. The number of fused-ring (bicyclic) bond motifs is 1. The van der Waals surface area contributed by atoms with Crippen LogP contribution in [0.4, 0.5) is 46.9 Å². The molecule has 0 amide bonds. The van der Waals surface area contributed by atoms with E-state index < -0.39 is 41.7 Å². The Kier molecular flexibility index (Phi) is 11.5. The highest BCUT2D eigenvalue weighted by Gasteiger charge is 2.37. The first-order chi connectivity index (χ1) is 24.8. The lowest BCUT2D eigenvalue weighted by Crippen LogP contribution is -2.32. The molecule has 2 fully saturated rings. The summed E-state index contributed by atoms with van der Waals surface area (Å²) >= 11 is 0. The van der Waals surface area contributed by atoms with E-state index in [1.807, 2.05) is 11.8 Å². The number of ether oxygens (including phenoxy) is 2. The van der Waals surface area contributed by atoms with Crippen molar-refractivity contribution in [3.63, 3.8) is 0 Å². The van der Waals surface area contributed by atoms with Crippen LogP contribution in [0.2, 0.25) is 0 Å². The molecular weight excluding hydrogens is 702 g/mol. The molecule has 0 radical (unpaired) electrons. The van der Waals surface area contributed by atoms with E-state index >= 15 is 4.39 Å². The number of alkyl halides is 6. The van der Waals surface area contributed by atoms with Crippen molar-refractivity contribution in [3.05, 3.63) is 70.3 Å². The quantitative estimate of drug-likeness (QED) is 0.127. The van der Waals surface area contributed by atoms with Crippen molar-refractivity contribution >= 4 is 22.7 Å². The third-order valence-electron chi connectivity index (χ3n) is 9.38. The smallest absolute Gasteiger partial charge is 0.356 e. The van der Waals surface area contributed by atoms with Crippen molar-refractivity contribution in [2.45, 2.75) is 90.1 Å². The van der Waals surface area contributed by atoms with Crippen LogP contribution in [0.15, 0.2) is 36.4 Å². The molecule has 0 N–H and O–H groups in total. The first-order valence-corrected chi connectivity index (χ1v) is 17.3. The van der Waals surface area contributed by atoms with E-state index in [4.69, 9.17) is 9.47 Å². The highest BCUT2D eigenvalue weighted by atomic mass is 19.4. The highest BCUT2D eigenvalue weighted by molar-refractivity contribution is 5.83. The molecule has 9 nitrogen and oxygen atoms in total. The van der Waals surface area contributed by atoms with E-state index in [1.54, 1.807) is 0 Å². The van der Waals surface area contributed by atoms with Crippen LogP contribution in [0.5, 0.6) is 0 Å². The lowest BCUT2D eigenvalue weighted by molar-refractivity contribution is -0.164. The van der Waals surface area contributed by atoms with Crippen molar-refractivity contribution in [3.8, 4) is 0 Å². The number of hydrogen-bond donors (Lipinski definition) is 0. The summed E-state index contributed by atoms with van der Waals surface area (Å²) in [7, 11) is 0. The number of benzene rings is 2. The van der Waals surface area contributed by atoms with Crippen molar-refractivity contribution in [2.24, 2.45) is 5.92 Å². The topological polar surface area (TPSA) is 81.4 Å². The van der Waals surface area contributed by atoms with Crippen LogP contribution in [0.1, 0.15) is 74.1 Å². The monoisotopic (exact) mass is 741 g/mol. The van der Waals surface area contributed by atoms with Crippen LogP contribution in [-0.2, 0) is 41.5 Å². The van der Waals surface area contributed by atoms with Gasteiger partial charge in [-0.1, -0.05) is 17.9 Å². The molecule has 1 aliphatic carbocycles. The summed E-state index contributed by atoms with van der Waals surface area (Å²) in [5.41, 5.74) is -2.82. The number of rotatable bonds is 13. The second kappa shape index (κ2) is 15.9. The van der Waals surface area contributed by atoms with Crippen LogP contribution < -0.4 is 9.80 Å². The number of tetrazole rings is 1. The number of nitrogens with zero attached hydrogens (tertiary/aromatic N) is 7. The molecule has 1 atom stereocenters. The van der Waals surface area contributed by atoms with E-state index in [1.165, 1.54) is 15.8 Å². The molecule has 1 saturated carbocycles. The minimum atomic E-state index is -5.06. The lowest BCUT2D eigenvalue weighted by atomic mass is 10.0. The fourth-order valence-corrected chi connectivity index (χ4v) is 6.79. The number of halogens is 8. The Balaban J connectivity index is 1.39. The third-order valence-corrected chi connectivity index (χ3v) is 9.38. The zero-order valence-electron chi connectivity index (χ0n) is 28.5. The molecule has 52 heavy (non-hydrogen) atoms. The second-order valence-electron chi connectivity index (χ2n) is 13.2. The van der Waals surface area contributed by atoms with Gasteiger partial charge in [0.15, 0.2) is 6.29 Å². The third kappa shape index (κ3) is 9.26. The Hall–Kier alpha value is -4.12. The number of aromatic nitrogens is 5. The van der Waals surface area contributed by atoms with Crippen molar-refractivity contribution in [1.29, 1.82) is 0 Å². The van der Waals surface area contributed by atoms with Gasteiger partial charge >= 0.3 is 12.4 Å². The van der Waals surface area contributed by atoms with Gasteiger partial charge in [0.2, 0.25) is 0 Å². The number of pyridine rings is 1. The van der Waals surface area contributed by atoms with Gasteiger partial charge in [0.25, 0.3) is 5.95 Å². The summed E-state index contributed by atoms with van der Waals surface area (Å²) in [5, 5.41) is 12.6. The van der Waals surface area contributed by atoms with Crippen LogP contribution in [0.25, 0.3) is 10.9 Å². The first kappa shape index (κ1) is 37.6. The molecule has 3 heterocycles. The molecule has 2 aromatic heterocycles. The minimum Gasteiger partial charge on any atom is -0.356 e. The molecular formula is C35H39F8N7O2. The van der Waals surface area contributed by atoms with Crippen LogP contribution in [0.3, 0.4) is 0 Å². The van der Waals surface area contributed by atoms with Crippen molar-refractivity contribution in [2.75, 3.05) is 36.1 Å². The SMILES string of the molecule is CCN(CC1CCCC1)c1nc2cc(F)cc(F)c2cc1CN(Cc1cc(C(F)(F)F)cc(C(F)(F)F)c1)c1nnn(CCOC2CCCCO2)n1. The van der Waals surface area contributed by atoms with E-state index in [0.717, 1.165) is 57.1 Å². The summed E-state index contributed by atoms with van der Waals surface area (Å²) in [4.78, 5) is 9.23. The number of anilines is 2. The summed E-state index contributed by atoms with van der Waals surface area (Å²) in [6.45, 7) is 3.12. The minimum absolute atomic E-state index is 0.00543. The predicted octanol–water partition coefficient (Wildman–Crippen LogP) is 8.30. The van der Waals surface area contributed by atoms with E-state index in [2.05, 4.69) is 20.4 Å². The maximum atomic E-state index is 15.2. The van der Waals surface area contributed by atoms with Gasteiger partial charge in [-0.05, 0) is 80.0 Å². The van der Waals surface area contributed by atoms with Gasteiger partial charge in [0, 0.05) is 55.9 Å². The molecule has 6 rings (SSSR count). The lowest BCUT2D eigenvalue weighted by Gasteiger charge is -2.30. The zero-order valence-corrected chi connectivity index (χ0v) is 28.5. The fourth-order valence-electron chi connectivity index (χ4n) is 6.79. The molecule has 17 heteroatoms. The van der Waals surface area contributed by atoms with Gasteiger partial charge in [-0.2, -0.15) is 31.1 Å². The molecule has 282 valence electrons. The molecule has 2 aliphatic rings. The van der Waals surface area contributed by atoms with E-state index in [-0.39, 0.29) is 54.5 Å². The second-order valence-corrected chi connectivity index (χ2v) is 13.2. The standard InChI is InChI=1S/C35H39F8N7O2/c1-2-48(19-22-7-3-4-8-22)32-24(15-28-29(37)17-27(36)18-30(28)44-32)21-49(20-23-13-25(34(38,39)40)16-26(14-23)35(41,42)43)33-45-47-50(46-33)10-12-52-31-9-5-6-11-51-31/h13-18,22,31H,2-12,19-21H2,1H3. The Morgan fingerprint density at radius 3 is 2.23 bits per heavy atom. The van der Waals surface area contributed by atoms with E-state index in [0.29, 0.717) is 49.1 Å². The van der Waals surface area contributed by atoms with Gasteiger partial charge < -0.3 is 19.3 Å².